The van der Waals surface area contributed by atoms with E-state index in [0.717, 1.165) is 18.7 Å². The predicted molar refractivity (Wildman–Crippen MR) is 82.6 cm³/mol. The molecule has 1 saturated carbocycles. The average molecular weight is 304 g/mol. The molecule has 6 heteroatoms. The third-order valence-corrected chi connectivity index (χ3v) is 4.08. The van der Waals surface area contributed by atoms with Gasteiger partial charge < -0.3 is 0 Å². The second-order valence-electron chi connectivity index (χ2n) is 5.33. The molecule has 1 aliphatic rings. The lowest BCUT2D eigenvalue weighted by molar-refractivity contribution is 0.419. The van der Waals surface area contributed by atoms with Gasteiger partial charge in [0.15, 0.2) is 5.82 Å². The van der Waals surface area contributed by atoms with Gasteiger partial charge in [-0.2, -0.15) is 14.9 Å². The number of halogens is 1. The van der Waals surface area contributed by atoms with E-state index in [1.165, 1.54) is 31.4 Å². The van der Waals surface area contributed by atoms with Crippen molar-refractivity contribution >= 4 is 18.4 Å². The summed E-state index contributed by atoms with van der Waals surface area (Å²) in [4.78, 5) is 0. The maximum Gasteiger partial charge on any atom is 0.216 e. The molecule has 0 radical (unpaired) electrons. The molecule has 3 rings (SSSR count). The Kier molecular flexibility index (Phi) is 4.24. The van der Waals surface area contributed by atoms with Gasteiger partial charge in [0, 0.05) is 5.92 Å². The molecule has 1 aliphatic carbocycles. The maximum absolute atomic E-state index is 13.2. The Morgan fingerprint density at radius 3 is 2.90 bits per heavy atom. The monoisotopic (exact) mass is 304 g/mol. The van der Waals surface area contributed by atoms with Gasteiger partial charge >= 0.3 is 0 Å². The molecule has 1 fully saturated rings. The summed E-state index contributed by atoms with van der Waals surface area (Å²) in [6, 6.07) is 6.31. The van der Waals surface area contributed by atoms with Gasteiger partial charge in [0.2, 0.25) is 4.77 Å². The first kappa shape index (κ1) is 14.1. The molecule has 0 aliphatic heterocycles. The van der Waals surface area contributed by atoms with Crippen LogP contribution in [0.5, 0.6) is 0 Å². The van der Waals surface area contributed by atoms with Gasteiger partial charge in [0.05, 0.1) is 6.21 Å². The zero-order chi connectivity index (χ0) is 14.7. The minimum absolute atomic E-state index is 0.276. The molecule has 0 atom stereocenters. The second kappa shape index (κ2) is 6.30. The van der Waals surface area contributed by atoms with Crippen molar-refractivity contribution in [3.05, 3.63) is 46.2 Å². The second-order valence-corrected chi connectivity index (χ2v) is 5.72. The largest absolute Gasteiger partial charge is 0.250 e. The average Bonchev–Trinajstić information content (AvgIpc) is 2.87. The highest BCUT2D eigenvalue weighted by atomic mass is 32.1. The van der Waals surface area contributed by atoms with Gasteiger partial charge in [0.25, 0.3) is 0 Å². The van der Waals surface area contributed by atoms with Crippen LogP contribution < -0.4 is 0 Å². The standard InChI is InChI=1S/C15H17FN4S/c16-13-8-4-5-11(9-13)10-17-20-14(18-19-15(20)21)12-6-2-1-3-7-12/h4-5,8-10,12H,1-3,6-7H2,(H,19,21)/b17-10-. The SMILES string of the molecule is Fc1cccc(/C=N\n2c(C3CCCCC3)n[nH]c2=S)c1. The predicted octanol–water partition coefficient (Wildman–Crippen LogP) is 4.01. The molecule has 0 spiro atoms. The number of benzene rings is 1. The number of hydrogen-bond donors (Lipinski definition) is 1. The fourth-order valence-electron chi connectivity index (χ4n) is 2.75. The van der Waals surface area contributed by atoms with Crippen molar-refractivity contribution in [2.24, 2.45) is 5.10 Å². The Morgan fingerprint density at radius 2 is 2.14 bits per heavy atom. The molecule has 0 saturated heterocycles. The summed E-state index contributed by atoms with van der Waals surface area (Å²) >= 11 is 5.24. The summed E-state index contributed by atoms with van der Waals surface area (Å²) in [5.41, 5.74) is 0.702. The van der Waals surface area contributed by atoms with Crippen molar-refractivity contribution in [1.82, 2.24) is 14.9 Å². The van der Waals surface area contributed by atoms with Gasteiger partial charge in [-0.05, 0) is 42.8 Å². The van der Waals surface area contributed by atoms with Crippen LogP contribution in [0.4, 0.5) is 4.39 Å². The molecular formula is C15H17FN4S. The van der Waals surface area contributed by atoms with Crippen LogP contribution in [0.15, 0.2) is 29.4 Å². The van der Waals surface area contributed by atoms with Crippen molar-refractivity contribution < 1.29 is 4.39 Å². The Bertz CT molecular complexity index is 698. The lowest BCUT2D eigenvalue weighted by atomic mass is 9.89. The lowest BCUT2D eigenvalue weighted by Crippen LogP contribution is -2.10. The summed E-state index contributed by atoms with van der Waals surface area (Å²) in [5.74, 6) is 1.01. The van der Waals surface area contributed by atoms with Gasteiger partial charge in [-0.3, -0.25) is 5.10 Å². The summed E-state index contributed by atoms with van der Waals surface area (Å²) in [5, 5.41) is 11.5. The third-order valence-electron chi connectivity index (χ3n) is 3.82. The highest BCUT2D eigenvalue weighted by Gasteiger charge is 2.21. The first-order valence-electron chi connectivity index (χ1n) is 7.21. The maximum atomic E-state index is 13.2. The van der Waals surface area contributed by atoms with Crippen LogP contribution in [0, 0.1) is 10.6 Å². The van der Waals surface area contributed by atoms with Gasteiger partial charge in [-0.25, -0.2) is 4.39 Å². The smallest absolute Gasteiger partial charge is 0.216 e. The fourth-order valence-corrected chi connectivity index (χ4v) is 2.94. The van der Waals surface area contributed by atoms with Crippen LogP contribution in [-0.2, 0) is 0 Å². The number of nitrogens with one attached hydrogen (secondary N) is 1. The zero-order valence-electron chi connectivity index (χ0n) is 11.6. The van der Waals surface area contributed by atoms with Crippen LogP contribution in [0.25, 0.3) is 0 Å². The van der Waals surface area contributed by atoms with Crippen molar-refractivity contribution in [2.75, 3.05) is 0 Å². The lowest BCUT2D eigenvalue weighted by Gasteiger charge is -2.19. The van der Waals surface area contributed by atoms with E-state index in [1.807, 2.05) is 0 Å². The molecule has 0 amide bonds. The fraction of sp³-hybridized carbons (Fsp3) is 0.400. The number of hydrogen-bond acceptors (Lipinski definition) is 3. The summed E-state index contributed by atoms with van der Waals surface area (Å²) in [6.07, 6.45) is 7.58. The molecule has 2 aromatic rings. The van der Waals surface area contributed by atoms with E-state index >= 15 is 0 Å². The van der Waals surface area contributed by atoms with Crippen LogP contribution in [0.2, 0.25) is 0 Å². The van der Waals surface area contributed by atoms with E-state index in [-0.39, 0.29) is 5.82 Å². The molecule has 1 N–H and O–H groups in total. The molecular weight excluding hydrogens is 287 g/mol. The van der Waals surface area contributed by atoms with Crippen LogP contribution >= 0.6 is 12.2 Å². The van der Waals surface area contributed by atoms with E-state index in [0.29, 0.717) is 16.3 Å². The van der Waals surface area contributed by atoms with E-state index in [9.17, 15) is 4.39 Å². The number of rotatable bonds is 3. The molecule has 4 nitrogen and oxygen atoms in total. The van der Waals surface area contributed by atoms with Crippen molar-refractivity contribution in [3.63, 3.8) is 0 Å². The molecule has 0 bridgehead atoms. The summed E-state index contributed by atoms with van der Waals surface area (Å²) in [6.45, 7) is 0. The first-order chi connectivity index (χ1) is 10.2. The van der Waals surface area contributed by atoms with Gasteiger partial charge in [-0.15, -0.1) is 0 Å². The van der Waals surface area contributed by atoms with Crippen molar-refractivity contribution in [1.29, 1.82) is 0 Å². The highest BCUT2D eigenvalue weighted by Crippen LogP contribution is 2.31. The van der Waals surface area contributed by atoms with E-state index in [4.69, 9.17) is 12.2 Å². The van der Waals surface area contributed by atoms with E-state index in [1.54, 1.807) is 23.0 Å². The molecule has 1 heterocycles. The Hall–Kier alpha value is -1.82. The molecule has 0 unspecified atom stereocenters. The topological polar surface area (TPSA) is 46.0 Å². The minimum atomic E-state index is -0.276. The van der Waals surface area contributed by atoms with Crippen molar-refractivity contribution in [2.45, 2.75) is 38.0 Å². The number of H-pyrrole nitrogens is 1. The zero-order valence-corrected chi connectivity index (χ0v) is 12.4. The highest BCUT2D eigenvalue weighted by molar-refractivity contribution is 7.71. The van der Waals surface area contributed by atoms with E-state index in [2.05, 4.69) is 15.3 Å². The van der Waals surface area contributed by atoms with Gasteiger partial charge in [-0.1, -0.05) is 31.4 Å². The normalized spacial score (nSPS) is 16.6. The number of aromatic nitrogens is 3. The summed E-state index contributed by atoms with van der Waals surface area (Å²) in [7, 11) is 0. The Labute approximate surface area is 127 Å². The van der Waals surface area contributed by atoms with Crippen LogP contribution in [0.1, 0.15) is 49.4 Å². The number of nitrogens with zero attached hydrogens (tertiary/aromatic N) is 3. The van der Waals surface area contributed by atoms with Crippen LogP contribution in [-0.4, -0.2) is 21.1 Å². The minimum Gasteiger partial charge on any atom is -0.250 e. The van der Waals surface area contributed by atoms with Gasteiger partial charge in [0.1, 0.15) is 5.82 Å². The Morgan fingerprint density at radius 1 is 1.33 bits per heavy atom. The number of aromatic amines is 1. The molecule has 110 valence electrons. The van der Waals surface area contributed by atoms with E-state index < -0.39 is 0 Å². The molecule has 21 heavy (non-hydrogen) atoms. The quantitative estimate of drug-likeness (QED) is 0.688. The van der Waals surface area contributed by atoms with Crippen molar-refractivity contribution in [3.8, 4) is 0 Å². The first-order valence-corrected chi connectivity index (χ1v) is 7.62. The summed E-state index contributed by atoms with van der Waals surface area (Å²) < 4.78 is 15.3. The molecule has 1 aromatic heterocycles. The Balaban J connectivity index is 1.88. The van der Waals surface area contributed by atoms with Crippen LogP contribution in [0.3, 0.4) is 0 Å². The molecule has 1 aromatic carbocycles. The third kappa shape index (κ3) is 3.26.